The topological polar surface area (TPSA) is 58.1 Å². The van der Waals surface area contributed by atoms with E-state index in [0.717, 1.165) is 36.5 Å². The molecule has 0 atom stereocenters. The van der Waals surface area contributed by atoms with Crippen molar-refractivity contribution in [2.75, 3.05) is 23.8 Å². The zero-order valence-corrected chi connectivity index (χ0v) is 15.2. The summed E-state index contributed by atoms with van der Waals surface area (Å²) in [7, 11) is 1.99. The number of nitrogens with one attached hydrogen (secondary N) is 1. The molecule has 0 saturated carbocycles. The summed E-state index contributed by atoms with van der Waals surface area (Å²) in [6, 6.07) is 7.70. The number of rotatable bonds is 6. The maximum Gasteiger partial charge on any atom is 0.274 e. The molecule has 0 fully saturated rings. The average Bonchev–Trinajstić information content (AvgIpc) is 2.54. The van der Waals surface area contributed by atoms with Gasteiger partial charge in [-0.3, -0.25) is 4.79 Å². The van der Waals surface area contributed by atoms with Crippen molar-refractivity contribution in [3.63, 3.8) is 0 Å². The molecule has 1 aromatic carbocycles. The van der Waals surface area contributed by atoms with Gasteiger partial charge in [0, 0.05) is 25.3 Å². The largest absolute Gasteiger partial charge is 0.360 e. The highest BCUT2D eigenvalue weighted by Crippen LogP contribution is 2.18. The number of aryl methyl sites for hydroxylation is 3. The molecule has 2 aromatic rings. The van der Waals surface area contributed by atoms with Gasteiger partial charge < -0.3 is 10.2 Å². The number of benzene rings is 1. The predicted molar refractivity (Wildman–Crippen MR) is 98.8 cm³/mol. The van der Waals surface area contributed by atoms with E-state index in [1.807, 2.05) is 46.0 Å². The Labute approximate surface area is 144 Å². The summed E-state index contributed by atoms with van der Waals surface area (Å²) < 4.78 is 0. The van der Waals surface area contributed by atoms with Gasteiger partial charge in [-0.2, -0.15) is 0 Å². The number of nitrogens with zero attached hydrogens (tertiary/aromatic N) is 3. The highest BCUT2D eigenvalue weighted by molar-refractivity contribution is 6.03. The zero-order valence-electron chi connectivity index (χ0n) is 15.2. The molecule has 1 heterocycles. The average molecular weight is 326 g/mol. The van der Waals surface area contributed by atoms with Crippen LogP contribution >= 0.6 is 0 Å². The van der Waals surface area contributed by atoms with Crippen molar-refractivity contribution in [3.8, 4) is 0 Å². The minimum Gasteiger partial charge on any atom is -0.360 e. The third-order valence-electron chi connectivity index (χ3n) is 3.93. The molecule has 0 bridgehead atoms. The number of hydrogen-bond acceptors (Lipinski definition) is 4. The lowest BCUT2D eigenvalue weighted by molar-refractivity contribution is 0.102. The van der Waals surface area contributed by atoms with E-state index in [0.29, 0.717) is 11.5 Å². The van der Waals surface area contributed by atoms with Crippen molar-refractivity contribution < 1.29 is 4.79 Å². The van der Waals surface area contributed by atoms with Crippen LogP contribution in [0.3, 0.4) is 0 Å². The molecule has 1 aromatic heterocycles. The normalized spacial score (nSPS) is 10.5. The number of carbonyl (C=O) groups is 1. The van der Waals surface area contributed by atoms with E-state index in [1.54, 1.807) is 6.07 Å². The Morgan fingerprint density at radius 1 is 1.17 bits per heavy atom. The standard InChI is InChI=1S/C19H26N4O/c1-6-7-10-23(5)18-12-17(20-15(4)21-18)19(24)22-16-9-8-13(2)11-14(16)3/h8-9,11-12H,6-7,10H2,1-5H3,(H,22,24). The lowest BCUT2D eigenvalue weighted by Gasteiger charge is -2.18. The second kappa shape index (κ2) is 7.90. The summed E-state index contributed by atoms with van der Waals surface area (Å²) in [4.78, 5) is 23.4. The fraction of sp³-hybridized carbons (Fsp3) is 0.421. The molecule has 2 rings (SSSR count). The van der Waals surface area contributed by atoms with Crippen LogP contribution in [0.25, 0.3) is 0 Å². The molecule has 1 N–H and O–H groups in total. The fourth-order valence-electron chi connectivity index (χ4n) is 2.51. The fourth-order valence-corrected chi connectivity index (χ4v) is 2.51. The molecule has 1 amide bonds. The van der Waals surface area contributed by atoms with E-state index in [2.05, 4.69) is 27.1 Å². The third-order valence-corrected chi connectivity index (χ3v) is 3.93. The van der Waals surface area contributed by atoms with E-state index in [9.17, 15) is 4.79 Å². The predicted octanol–water partition coefficient (Wildman–Crippen LogP) is 3.89. The van der Waals surface area contributed by atoms with E-state index < -0.39 is 0 Å². The van der Waals surface area contributed by atoms with Crippen LogP contribution in [0.1, 0.15) is 47.2 Å². The number of anilines is 2. The first kappa shape index (κ1) is 17.9. The minimum atomic E-state index is -0.211. The number of unbranched alkanes of at least 4 members (excludes halogenated alkanes) is 1. The van der Waals surface area contributed by atoms with E-state index in [1.165, 1.54) is 5.56 Å². The molecule has 5 heteroatoms. The van der Waals surface area contributed by atoms with Gasteiger partial charge in [0.05, 0.1) is 0 Å². The van der Waals surface area contributed by atoms with Crippen molar-refractivity contribution in [3.05, 3.63) is 46.9 Å². The van der Waals surface area contributed by atoms with Crippen molar-refractivity contribution in [1.82, 2.24) is 9.97 Å². The first-order chi connectivity index (χ1) is 11.4. The van der Waals surface area contributed by atoms with Crippen molar-refractivity contribution >= 4 is 17.4 Å². The van der Waals surface area contributed by atoms with Gasteiger partial charge in [-0.25, -0.2) is 9.97 Å². The number of aromatic nitrogens is 2. The summed E-state index contributed by atoms with van der Waals surface area (Å²) in [6.45, 7) is 8.89. The van der Waals surface area contributed by atoms with Gasteiger partial charge in [0.2, 0.25) is 0 Å². The summed E-state index contributed by atoms with van der Waals surface area (Å²) >= 11 is 0. The Hall–Kier alpha value is -2.43. The molecule has 0 aliphatic carbocycles. The smallest absolute Gasteiger partial charge is 0.274 e. The second-order valence-electron chi connectivity index (χ2n) is 6.21. The molecule has 0 aliphatic rings. The van der Waals surface area contributed by atoms with E-state index >= 15 is 0 Å². The van der Waals surface area contributed by atoms with Crippen LogP contribution in [0.4, 0.5) is 11.5 Å². The van der Waals surface area contributed by atoms with Gasteiger partial charge in [0.15, 0.2) is 0 Å². The minimum absolute atomic E-state index is 0.211. The van der Waals surface area contributed by atoms with Crippen LogP contribution in [0.5, 0.6) is 0 Å². The third kappa shape index (κ3) is 4.54. The summed E-state index contributed by atoms with van der Waals surface area (Å²) in [5.74, 6) is 1.17. The molecule has 0 unspecified atom stereocenters. The quantitative estimate of drug-likeness (QED) is 0.875. The SMILES string of the molecule is CCCCN(C)c1cc(C(=O)Nc2ccc(C)cc2C)nc(C)n1. The van der Waals surface area contributed by atoms with E-state index in [4.69, 9.17) is 0 Å². The van der Waals surface area contributed by atoms with Gasteiger partial charge in [0.25, 0.3) is 5.91 Å². The monoisotopic (exact) mass is 326 g/mol. The lowest BCUT2D eigenvalue weighted by Crippen LogP contribution is -2.22. The molecular weight excluding hydrogens is 300 g/mol. The summed E-state index contributed by atoms with van der Waals surface area (Å²) in [6.07, 6.45) is 2.21. The first-order valence-electron chi connectivity index (χ1n) is 8.36. The maximum atomic E-state index is 12.6. The van der Waals surface area contributed by atoms with Crippen molar-refractivity contribution in [2.45, 2.75) is 40.5 Å². The van der Waals surface area contributed by atoms with Crippen LogP contribution in [0.15, 0.2) is 24.3 Å². The summed E-state index contributed by atoms with van der Waals surface area (Å²) in [5.41, 5.74) is 3.40. The molecule has 0 saturated heterocycles. The molecule has 128 valence electrons. The molecule has 0 radical (unpaired) electrons. The Morgan fingerprint density at radius 2 is 1.92 bits per heavy atom. The molecule has 5 nitrogen and oxygen atoms in total. The van der Waals surface area contributed by atoms with Crippen molar-refractivity contribution in [2.24, 2.45) is 0 Å². The Bertz CT molecular complexity index is 727. The van der Waals surface area contributed by atoms with E-state index in [-0.39, 0.29) is 5.91 Å². The number of amides is 1. The van der Waals surface area contributed by atoms with Crippen LogP contribution in [0.2, 0.25) is 0 Å². The Balaban J connectivity index is 2.21. The van der Waals surface area contributed by atoms with Crippen LogP contribution in [-0.2, 0) is 0 Å². The molecule has 24 heavy (non-hydrogen) atoms. The molecule has 0 aliphatic heterocycles. The van der Waals surface area contributed by atoms with Crippen LogP contribution in [-0.4, -0.2) is 29.5 Å². The highest BCUT2D eigenvalue weighted by atomic mass is 16.1. The van der Waals surface area contributed by atoms with Gasteiger partial charge in [-0.15, -0.1) is 0 Å². The molecular formula is C19H26N4O. The van der Waals surface area contributed by atoms with Crippen LogP contribution in [0, 0.1) is 20.8 Å². The second-order valence-corrected chi connectivity index (χ2v) is 6.21. The zero-order chi connectivity index (χ0) is 17.7. The van der Waals surface area contributed by atoms with Gasteiger partial charge >= 0.3 is 0 Å². The highest BCUT2D eigenvalue weighted by Gasteiger charge is 2.13. The number of carbonyl (C=O) groups excluding carboxylic acids is 1. The first-order valence-corrected chi connectivity index (χ1v) is 8.36. The van der Waals surface area contributed by atoms with Gasteiger partial charge in [-0.05, 0) is 38.8 Å². The van der Waals surface area contributed by atoms with Crippen LogP contribution < -0.4 is 10.2 Å². The van der Waals surface area contributed by atoms with Gasteiger partial charge in [-0.1, -0.05) is 31.0 Å². The molecule has 0 spiro atoms. The maximum absolute atomic E-state index is 12.6. The Morgan fingerprint density at radius 3 is 2.58 bits per heavy atom. The van der Waals surface area contributed by atoms with Gasteiger partial charge in [0.1, 0.15) is 17.3 Å². The summed E-state index contributed by atoms with van der Waals surface area (Å²) in [5, 5.41) is 2.94. The van der Waals surface area contributed by atoms with Crippen molar-refractivity contribution in [1.29, 1.82) is 0 Å². The Kier molecular flexibility index (Phi) is 5.90. The lowest BCUT2D eigenvalue weighted by atomic mass is 10.1. The number of hydrogen-bond donors (Lipinski definition) is 1.